The molecule has 0 heterocycles. The van der Waals surface area contributed by atoms with Crippen LogP contribution in [0.25, 0.3) is 0 Å². The van der Waals surface area contributed by atoms with Crippen LogP contribution in [0.3, 0.4) is 0 Å². The number of halogens is 3. The molecule has 2 atom stereocenters. The Hall–Kier alpha value is -1.23. The van der Waals surface area contributed by atoms with Crippen LogP contribution in [0.15, 0.2) is 12.1 Å². The molecule has 20 heavy (non-hydrogen) atoms. The van der Waals surface area contributed by atoms with Crippen LogP contribution in [-0.4, -0.2) is 22.0 Å². The molecule has 0 amide bonds. The van der Waals surface area contributed by atoms with Gasteiger partial charge in [0, 0.05) is 12.0 Å². The second-order valence-electron chi connectivity index (χ2n) is 5.52. The molecule has 0 saturated heterocycles. The van der Waals surface area contributed by atoms with Crippen LogP contribution in [0, 0.1) is 0 Å². The normalized spacial score (nSPS) is 26.4. The first kappa shape index (κ1) is 15.2. The third kappa shape index (κ3) is 2.28. The third-order valence-electron chi connectivity index (χ3n) is 4.27. The van der Waals surface area contributed by atoms with Gasteiger partial charge < -0.3 is 10.2 Å². The predicted octanol–water partition coefficient (Wildman–Crippen LogP) is 3.69. The molecule has 0 aromatic heterocycles. The molecule has 2 unspecified atom stereocenters. The Labute approximate surface area is 116 Å². The lowest BCUT2D eigenvalue weighted by Gasteiger charge is -2.39. The molecule has 1 aliphatic rings. The van der Waals surface area contributed by atoms with Crippen molar-refractivity contribution in [3.05, 3.63) is 28.8 Å². The fourth-order valence-electron chi connectivity index (χ4n) is 3.05. The Kier molecular flexibility index (Phi) is 3.75. The quantitative estimate of drug-likeness (QED) is 0.871. The number of phenols is 1. The molecule has 0 radical (unpaired) electrons. The van der Waals surface area contributed by atoms with E-state index in [0.717, 1.165) is 5.56 Å². The van der Waals surface area contributed by atoms with Crippen LogP contribution in [0.2, 0.25) is 0 Å². The highest BCUT2D eigenvalue weighted by Crippen LogP contribution is 2.49. The van der Waals surface area contributed by atoms with E-state index in [-0.39, 0.29) is 12.2 Å². The van der Waals surface area contributed by atoms with Crippen molar-refractivity contribution in [2.24, 2.45) is 0 Å². The number of fused-ring (bicyclic) bond motifs is 1. The molecule has 1 aromatic carbocycles. The standard InChI is InChI=1S/C15H19F3O2/c1-3-9-5-6-11-8-14(20,15(16,17)18)7-10(4-2)12(11)13(9)19/h5-6,10,19-20H,3-4,7-8H2,1-2H3. The average Bonchev–Trinajstić information content (AvgIpc) is 2.36. The van der Waals surface area contributed by atoms with E-state index >= 15 is 0 Å². The summed E-state index contributed by atoms with van der Waals surface area (Å²) in [5.74, 6) is -0.377. The van der Waals surface area contributed by atoms with Crippen molar-refractivity contribution in [1.29, 1.82) is 0 Å². The number of hydrogen-bond donors (Lipinski definition) is 2. The van der Waals surface area contributed by atoms with Crippen LogP contribution < -0.4 is 0 Å². The summed E-state index contributed by atoms with van der Waals surface area (Å²) in [6.07, 6.45) is -4.46. The second-order valence-corrected chi connectivity index (χ2v) is 5.52. The first-order valence-electron chi connectivity index (χ1n) is 6.86. The van der Waals surface area contributed by atoms with E-state index in [1.165, 1.54) is 0 Å². The summed E-state index contributed by atoms with van der Waals surface area (Å²) in [5, 5.41) is 20.2. The molecule has 2 nitrogen and oxygen atoms in total. The third-order valence-corrected chi connectivity index (χ3v) is 4.27. The maximum absolute atomic E-state index is 13.1. The van der Waals surface area contributed by atoms with E-state index in [0.29, 0.717) is 24.0 Å². The van der Waals surface area contributed by atoms with Crippen molar-refractivity contribution in [2.45, 2.75) is 57.2 Å². The minimum atomic E-state index is -4.66. The Morgan fingerprint density at radius 2 is 1.95 bits per heavy atom. The van der Waals surface area contributed by atoms with Gasteiger partial charge in [-0.15, -0.1) is 0 Å². The molecule has 2 rings (SSSR count). The molecule has 0 spiro atoms. The SMILES string of the molecule is CCc1ccc2c(c1O)C(CC)CC(O)(C(F)(F)F)C2. The topological polar surface area (TPSA) is 40.5 Å². The Balaban J connectivity index is 2.54. The number of benzene rings is 1. The molecule has 2 N–H and O–H groups in total. The van der Waals surface area contributed by atoms with Crippen molar-refractivity contribution in [3.63, 3.8) is 0 Å². The molecular weight excluding hydrogens is 269 g/mol. The van der Waals surface area contributed by atoms with Crippen LogP contribution >= 0.6 is 0 Å². The van der Waals surface area contributed by atoms with E-state index in [9.17, 15) is 23.4 Å². The van der Waals surface area contributed by atoms with Crippen molar-refractivity contribution >= 4 is 0 Å². The van der Waals surface area contributed by atoms with E-state index < -0.39 is 24.1 Å². The molecule has 1 aliphatic carbocycles. The summed E-state index contributed by atoms with van der Waals surface area (Å²) < 4.78 is 39.2. The van der Waals surface area contributed by atoms with E-state index in [1.54, 1.807) is 19.1 Å². The number of alkyl halides is 3. The highest BCUT2D eigenvalue weighted by atomic mass is 19.4. The minimum Gasteiger partial charge on any atom is -0.507 e. The lowest BCUT2D eigenvalue weighted by atomic mass is 9.72. The molecule has 0 bridgehead atoms. The number of aliphatic hydroxyl groups is 1. The molecule has 0 fully saturated rings. The monoisotopic (exact) mass is 288 g/mol. The van der Waals surface area contributed by atoms with Gasteiger partial charge in [0.1, 0.15) is 5.75 Å². The molecule has 5 heteroatoms. The zero-order valence-corrected chi connectivity index (χ0v) is 11.6. The zero-order valence-electron chi connectivity index (χ0n) is 11.6. The average molecular weight is 288 g/mol. The number of aryl methyl sites for hydroxylation is 1. The fraction of sp³-hybridized carbons (Fsp3) is 0.600. The van der Waals surface area contributed by atoms with Crippen LogP contribution in [-0.2, 0) is 12.8 Å². The van der Waals surface area contributed by atoms with Gasteiger partial charge in [0.15, 0.2) is 5.60 Å². The first-order valence-corrected chi connectivity index (χ1v) is 6.86. The van der Waals surface area contributed by atoms with E-state index in [2.05, 4.69) is 0 Å². The van der Waals surface area contributed by atoms with Crippen molar-refractivity contribution < 1.29 is 23.4 Å². The van der Waals surface area contributed by atoms with Crippen LogP contribution in [0.4, 0.5) is 13.2 Å². The maximum atomic E-state index is 13.1. The van der Waals surface area contributed by atoms with Crippen LogP contribution in [0.1, 0.15) is 49.3 Å². The first-order chi connectivity index (χ1) is 9.23. The number of aromatic hydroxyl groups is 1. The van der Waals surface area contributed by atoms with Gasteiger partial charge in [-0.1, -0.05) is 26.0 Å². The van der Waals surface area contributed by atoms with Crippen molar-refractivity contribution in [2.75, 3.05) is 0 Å². The zero-order chi connectivity index (χ0) is 15.1. The molecule has 1 aromatic rings. The summed E-state index contributed by atoms with van der Waals surface area (Å²) >= 11 is 0. The van der Waals surface area contributed by atoms with Gasteiger partial charge in [0.2, 0.25) is 0 Å². The summed E-state index contributed by atoms with van der Waals surface area (Å²) in [5.41, 5.74) is -0.973. The van der Waals surface area contributed by atoms with Gasteiger partial charge in [-0.3, -0.25) is 0 Å². The van der Waals surface area contributed by atoms with Gasteiger partial charge >= 0.3 is 6.18 Å². The maximum Gasteiger partial charge on any atom is 0.417 e. The van der Waals surface area contributed by atoms with Crippen LogP contribution in [0.5, 0.6) is 5.75 Å². The number of hydrogen-bond acceptors (Lipinski definition) is 2. The minimum absolute atomic E-state index is 0.0982. The van der Waals surface area contributed by atoms with Crippen molar-refractivity contribution in [1.82, 2.24) is 0 Å². The molecule has 0 aliphatic heterocycles. The summed E-state index contributed by atoms with van der Waals surface area (Å²) in [4.78, 5) is 0. The Morgan fingerprint density at radius 3 is 2.45 bits per heavy atom. The van der Waals surface area contributed by atoms with E-state index in [1.807, 2.05) is 6.92 Å². The number of phenolic OH excluding ortho intramolecular Hbond substituents is 1. The predicted molar refractivity (Wildman–Crippen MR) is 69.8 cm³/mol. The lowest BCUT2D eigenvalue weighted by molar-refractivity contribution is -0.265. The highest BCUT2D eigenvalue weighted by Gasteiger charge is 2.56. The molecule has 112 valence electrons. The van der Waals surface area contributed by atoms with Gasteiger partial charge in [0.05, 0.1) is 0 Å². The second kappa shape index (κ2) is 4.95. The fourth-order valence-corrected chi connectivity index (χ4v) is 3.05. The van der Waals surface area contributed by atoms with Gasteiger partial charge in [0.25, 0.3) is 0 Å². The highest BCUT2D eigenvalue weighted by molar-refractivity contribution is 5.50. The largest absolute Gasteiger partial charge is 0.507 e. The van der Waals surface area contributed by atoms with Crippen molar-refractivity contribution in [3.8, 4) is 5.75 Å². The smallest absolute Gasteiger partial charge is 0.417 e. The number of rotatable bonds is 2. The Morgan fingerprint density at radius 1 is 1.30 bits per heavy atom. The summed E-state index contributed by atoms with van der Waals surface area (Å²) in [6.45, 7) is 3.66. The lowest BCUT2D eigenvalue weighted by Crippen LogP contribution is -2.50. The summed E-state index contributed by atoms with van der Waals surface area (Å²) in [6, 6.07) is 3.25. The molecular formula is C15H19F3O2. The van der Waals surface area contributed by atoms with E-state index in [4.69, 9.17) is 0 Å². The summed E-state index contributed by atoms with van der Waals surface area (Å²) in [7, 11) is 0. The van der Waals surface area contributed by atoms with Gasteiger partial charge in [-0.05, 0) is 36.3 Å². The van der Waals surface area contributed by atoms with Gasteiger partial charge in [-0.25, -0.2) is 0 Å². The Bertz CT molecular complexity index is 511. The molecule has 0 saturated carbocycles. The van der Waals surface area contributed by atoms with Gasteiger partial charge in [-0.2, -0.15) is 13.2 Å².